The molecule has 1 aromatic heterocycles. The number of nitrogens with two attached hydrogens (primary N) is 2. The van der Waals surface area contributed by atoms with Crippen molar-refractivity contribution in [2.75, 3.05) is 23.7 Å². The molecule has 0 unspecified atom stereocenters. The average molecular weight is 355 g/mol. The molecular weight excluding hydrogens is 333 g/mol. The lowest BCUT2D eigenvalue weighted by Gasteiger charge is -2.12. The van der Waals surface area contributed by atoms with Crippen LogP contribution in [0.3, 0.4) is 0 Å². The summed E-state index contributed by atoms with van der Waals surface area (Å²) in [5, 5.41) is 20.4. The van der Waals surface area contributed by atoms with Gasteiger partial charge >= 0.3 is 0 Å². The molecule has 0 amide bonds. The van der Waals surface area contributed by atoms with E-state index in [2.05, 4.69) is 5.10 Å². The second kappa shape index (κ2) is 6.99. The molecule has 1 aromatic carbocycles. The molecule has 8 heteroatoms. The number of nitrogens with one attached hydrogen (secondary N) is 2. The number of rotatable bonds is 5. The fourth-order valence-corrected chi connectivity index (χ4v) is 3.08. The number of halogens is 1. The second-order valence-electron chi connectivity index (χ2n) is 6.29. The van der Waals surface area contributed by atoms with E-state index in [0.717, 1.165) is 6.21 Å². The predicted octanol–water partition coefficient (Wildman–Crippen LogP) is 1.92. The Hall–Kier alpha value is -3.16. The van der Waals surface area contributed by atoms with Crippen LogP contribution in [0.15, 0.2) is 30.5 Å². The fraction of sp³-hybridized carbons (Fsp3) is 0.278. The average Bonchev–Trinajstić information content (AvgIpc) is 3.22. The Morgan fingerprint density at radius 2 is 2.15 bits per heavy atom. The van der Waals surface area contributed by atoms with Crippen LogP contribution in [-0.2, 0) is 7.05 Å². The number of nitrogens with zero attached hydrogens (tertiary/aromatic N) is 3. The van der Waals surface area contributed by atoms with Crippen LogP contribution in [0.1, 0.15) is 23.2 Å². The Kier molecular flexibility index (Phi) is 4.75. The van der Waals surface area contributed by atoms with Crippen LogP contribution in [0, 0.1) is 10.8 Å². The van der Waals surface area contributed by atoms with Gasteiger partial charge in [0.05, 0.1) is 18.0 Å². The van der Waals surface area contributed by atoms with Crippen molar-refractivity contribution in [1.82, 2.24) is 9.78 Å². The van der Waals surface area contributed by atoms with E-state index in [1.54, 1.807) is 36.0 Å². The molecule has 1 saturated heterocycles. The van der Waals surface area contributed by atoms with Crippen molar-refractivity contribution in [3.63, 3.8) is 0 Å². The van der Waals surface area contributed by atoms with E-state index in [9.17, 15) is 4.39 Å². The molecule has 3 rings (SSSR count). The molecule has 1 aliphatic heterocycles. The number of aromatic nitrogens is 2. The normalized spacial score (nSPS) is 17.5. The number of aryl methyl sites for hydroxylation is 1. The number of hydrogen-bond acceptors (Lipinski definition) is 6. The van der Waals surface area contributed by atoms with Gasteiger partial charge in [-0.05, 0) is 24.1 Å². The lowest BCUT2D eigenvalue weighted by molar-refractivity contribution is 0.364. The van der Waals surface area contributed by atoms with Gasteiger partial charge in [0, 0.05) is 48.9 Å². The van der Waals surface area contributed by atoms with E-state index in [1.807, 2.05) is 4.90 Å². The third kappa shape index (κ3) is 3.17. The summed E-state index contributed by atoms with van der Waals surface area (Å²) in [6.45, 7) is 0.942. The van der Waals surface area contributed by atoms with Crippen LogP contribution < -0.4 is 16.4 Å². The zero-order valence-corrected chi connectivity index (χ0v) is 14.5. The first-order chi connectivity index (χ1) is 12.4. The zero-order valence-electron chi connectivity index (χ0n) is 14.5. The molecular formula is C18H22FN7. The lowest BCUT2D eigenvalue weighted by atomic mass is 9.99. The molecule has 0 aliphatic carbocycles. The first kappa shape index (κ1) is 17.7. The molecule has 7 nitrogen and oxygen atoms in total. The Morgan fingerprint density at radius 3 is 2.77 bits per heavy atom. The molecule has 0 spiro atoms. The van der Waals surface area contributed by atoms with Crippen LogP contribution in [0.4, 0.5) is 15.9 Å². The van der Waals surface area contributed by atoms with E-state index in [-0.39, 0.29) is 5.71 Å². The van der Waals surface area contributed by atoms with Crippen LogP contribution in [0.2, 0.25) is 0 Å². The molecule has 0 radical (unpaired) electrons. The zero-order chi connectivity index (χ0) is 18.8. The van der Waals surface area contributed by atoms with Crippen molar-refractivity contribution in [3.05, 3.63) is 47.3 Å². The Balaban J connectivity index is 1.96. The summed E-state index contributed by atoms with van der Waals surface area (Å²) in [5.74, 6) is 0.657. The minimum absolute atomic E-state index is 0.211. The monoisotopic (exact) mass is 355 g/mol. The van der Waals surface area contributed by atoms with Gasteiger partial charge in [-0.25, -0.2) is 4.39 Å². The smallest absolute Gasteiger partial charge is 0.151 e. The summed E-state index contributed by atoms with van der Waals surface area (Å²) in [4.78, 5) is 1.88. The fourth-order valence-electron chi connectivity index (χ4n) is 3.08. The van der Waals surface area contributed by atoms with E-state index in [4.69, 9.17) is 22.3 Å². The molecule has 0 saturated carbocycles. The van der Waals surface area contributed by atoms with Crippen molar-refractivity contribution in [1.29, 1.82) is 10.8 Å². The van der Waals surface area contributed by atoms with Gasteiger partial charge in [0.15, 0.2) is 5.82 Å². The SMILES string of the molecule is Cn1nc(N2CC[C@@H](F)C2)cc1C(=N)c1cc(/C(C=N)=C/N)ccc1N. The van der Waals surface area contributed by atoms with Crippen molar-refractivity contribution < 1.29 is 4.39 Å². The summed E-state index contributed by atoms with van der Waals surface area (Å²) in [7, 11) is 1.75. The van der Waals surface area contributed by atoms with E-state index >= 15 is 0 Å². The molecule has 136 valence electrons. The largest absolute Gasteiger partial charge is 0.404 e. The number of allylic oxidation sites excluding steroid dienone is 1. The topological polar surface area (TPSA) is 121 Å². The quantitative estimate of drug-likeness (QED) is 0.483. The van der Waals surface area contributed by atoms with Crippen molar-refractivity contribution >= 4 is 29.0 Å². The van der Waals surface area contributed by atoms with Crippen LogP contribution in [0.25, 0.3) is 5.57 Å². The van der Waals surface area contributed by atoms with E-state index in [0.29, 0.717) is 53.4 Å². The standard InChI is InChI=1S/C18H22FN7/c1-25-16(7-17(24-25)26-5-4-13(19)10-26)18(23)14-6-11(2-3-15(14)22)12(8-20)9-21/h2-3,6-9,13,20,23H,4-5,10,21-22H2,1H3/b12-9+,20-8?,23-18?/t13-/m1/s1. The minimum Gasteiger partial charge on any atom is -0.404 e. The van der Waals surface area contributed by atoms with Crippen LogP contribution in [-0.4, -0.2) is 41.0 Å². The third-order valence-corrected chi connectivity index (χ3v) is 4.57. The molecule has 6 N–H and O–H groups in total. The predicted molar refractivity (Wildman–Crippen MR) is 103 cm³/mol. The number of anilines is 2. The molecule has 1 aliphatic rings. The number of hydrogen-bond donors (Lipinski definition) is 4. The van der Waals surface area contributed by atoms with Gasteiger partial charge in [0.2, 0.25) is 0 Å². The third-order valence-electron chi connectivity index (χ3n) is 4.57. The van der Waals surface area contributed by atoms with E-state index in [1.165, 1.54) is 6.20 Å². The maximum Gasteiger partial charge on any atom is 0.151 e. The summed E-state index contributed by atoms with van der Waals surface area (Å²) >= 11 is 0. The summed E-state index contributed by atoms with van der Waals surface area (Å²) in [6, 6.07) is 6.97. The molecule has 26 heavy (non-hydrogen) atoms. The van der Waals surface area contributed by atoms with Gasteiger partial charge in [-0.3, -0.25) is 10.1 Å². The highest BCUT2D eigenvalue weighted by Gasteiger charge is 2.25. The first-order valence-corrected chi connectivity index (χ1v) is 8.29. The molecule has 1 atom stereocenters. The maximum absolute atomic E-state index is 13.5. The van der Waals surface area contributed by atoms with Gasteiger partial charge in [0.1, 0.15) is 6.17 Å². The number of benzene rings is 1. The second-order valence-corrected chi connectivity index (χ2v) is 6.29. The van der Waals surface area contributed by atoms with Crippen LogP contribution in [0.5, 0.6) is 0 Å². The van der Waals surface area contributed by atoms with Gasteiger partial charge in [-0.15, -0.1) is 0 Å². The summed E-state index contributed by atoms with van der Waals surface area (Å²) < 4.78 is 15.1. The number of nitrogen functional groups attached to an aromatic ring is 1. The highest BCUT2D eigenvalue weighted by Crippen LogP contribution is 2.25. The highest BCUT2D eigenvalue weighted by molar-refractivity contribution is 6.15. The Labute approximate surface area is 151 Å². The molecule has 2 heterocycles. The molecule has 0 bridgehead atoms. The van der Waals surface area contributed by atoms with Gasteiger partial charge in [-0.2, -0.15) is 5.10 Å². The highest BCUT2D eigenvalue weighted by atomic mass is 19.1. The van der Waals surface area contributed by atoms with Crippen molar-refractivity contribution in [2.45, 2.75) is 12.6 Å². The summed E-state index contributed by atoms with van der Waals surface area (Å²) in [5.41, 5.74) is 14.6. The van der Waals surface area contributed by atoms with Crippen LogP contribution >= 0.6 is 0 Å². The van der Waals surface area contributed by atoms with Gasteiger partial charge < -0.3 is 21.8 Å². The van der Waals surface area contributed by atoms with Gasteiger partial charge in [0.25, 0.3) is 0 Å². The minimum atomic E-state index is -0.838. The molecule has 2 aromatic rings. The summed E-state index contributed by atoms with van der Waals surface area (Å²) in [6.07, 6.45) is 2.15. The van der Waals surface area contributed by atoms with Crippen molar-refractivity contribution in [2.24, 2.45) is 12.8 Å². The maximum atomic E-state index is 13.5. The van der Waals surface area contributed by atoms with Gasteiger partial charge in [-0.1, -0.05) is 6.07 Å². The Morgan fingerprint density at radius 1 is 1.38 bits per heavy atom. The molecule has 1 fully saturated rings. The lowest BCUT2D eigenvalue weighted by Crippen LogP contribution is -2.20. The van der Waals surface area contributed by atoms with E-state index < -0.39 is 6.17 Å². The number of alkyl halides is 1. The first-order valence-electron chi connectivity index (χ1n) is 8.29. The van der Waals surface area contributed by atoms with Crippen molar-refractivity contribution in [3.8, 4) is 0 Å². The Bertz CT molecular complexity index is 884.